The third kappa shape index (κ3) is 2.57. The first kappa shape index (κ1) is 11.8. The molecule has 1 aromatic heterocycles. The van der Waals surface area contributed by atoms with E-state index in [1.54, 1.807) is 0 Å². The molecule has 1 aromatic carbocycles. The van der Waals surface area contributed by atoms with Gasteiger partial charge < -0.3 is 9.73 Å². The highest BCUT2D eigenvalue weighted by atomic mass is 16.3. The van der Waals surface area contributed by atoms with Crippen molar-refractivity contribution >= 4 is 11.0 Å². The molecule has 0 aliphatic carbocycles. The van der Waals surface area contributed by atoms with Crippen LogP contribution in [-0.2, 0) is 6.54 Å². The van der Waals surface area contributed by atoms with Crippen LogP contribution < -0.4 is 5.32 Å². The van der Waals surface area contributed by atoms with Crippen molar-refractivity contribution < 1.29 is 4.42 Å². The standard InChI is InChI=1S/C15H20N2O/c1-17(10-13-6-4-8-16-13)11-14-9-12-5-2-3-7-15(12)18-14/h2-3,5,7,9,13,16H,4,6,8,10-11H2,1H3. The molecule has 1 aliphatic rings. The minimum atomic E-state index is 0.652. The summed E-state index contributed by atoms with van der Waals surface area (Å²) in [6, 6.07) is 11.0. The highest BCUT2D eigenvalue weighted by Crippen LogP contribution is 2.20. The molecular weight excluding hydrogens is 224 g/mol. The maximum Gasteiger partial charge on any atom is 0.134 e. The van der Waals surface area contributed by atoms with Crippen molar-refractivity contribution in [1.82, 2.24) is 10.2 Å². The number of nitrogens with one attached hydrogen (secondary N) is 1. The van der Waals surface area contributed by atoms with Crippen molar-refractivity contribution in [3.63, 3.8) is 0 Å². The highest BCUT2D eigenvalue weighted by Gasteiger charge is 2.16. The summed E-state index contributed by atoms with van der Waals surface area (Å²) in [6.07, 6.45) is 2.60. The lowest BCUT2D eigenvalue weighted by atomic mass is 10.2. The smallest absolute Gasteiger partial charge is 0.134 e. The predicted molar refractivity (Wildman–Crippen MR) is 73.6 cm³/mol. The van der Waals surface area contributed by atoms with E-state index in [0.29, 0.717) is 6.04 Å². The molecule has 2 heterocycles. The molecule has 3 heteroatoms. The zero-order valence-corrected chi connectivity index (χ0v) is 10.9. The number of rotatable bonds is 4. The van der Waals surface area contributed by atoms with Crippen LogP contribution in [0, 0.1) is 0 Å². The molecule has 3 rings (SSSR count). The molecule has 1 N–H and O–H groups in total. The molecule has 2 aromatic rings. The average Bonchev–Trinajstić information content (AvgIpc) is 2.96. The number of benzene rings is 1. The second-order valence-corrected chi connectivity index (χ2v) is 5.24. The van der Waals surface area contributed by atoms with E-state index in [0.717, 1.165) is 24.4 Å². The monoisotopic (exact) mass is 244 g/mol. The second kappa shape index (κ2) is 5.12. The summed E-state index contributed by atoms with van der Waals surface area (Å²) >= 11 is 0. The summed E-state index contributed by atoms with van der Waals surface area (Å²) in [4.78, 5) is 2.33. The van der Waals surface area contributed by atoms with Crippen LogP contribution in [0.25, 0.3) is 11.0 Å². The lowest BCUT2D eigenvalue weighted by Crippen LogP contribution is -2.34. The van der Waals surface area contributed by atoms with Crippen molar-refractivity contribution in [2.45, 2.75) is 25.4 Å². The number of para-hydroxylation sites is 1. The van der Waals surface area contributed by atoms with Crippen LogP contribution in [0.3, 0.4) is 0 Å². The Bertz CT molecular complexity index is 481. The van der Waals surface area contributed by atoms with Crippen molar-refractivity contribution in [2.24, 2.45) is 0 Å². The van der Waals surface area contributed by atoms with Gasteiger partial charge in [-0.3, -0.25) is 4.90 Å². The zero-order chi connectivity index (χ0) is 12.4. The Balaban J connectivity index is 1.64. The summed E-state index contributed by atoms with van der Waals surface area (Å²) in [5.41, 5.74) is 0.986. The molecule has 1 saturated heterocycles. The minimum absolute atomic E-state index is 0.652. The SMILES string of the molecule is CN(Cc1cc2ccccc2o1)CC1CCCN1. The number of hydrogen-bond acceptors (Lipinski definition) is 3. The van der Waals surface area contributed by atoms with E-state index in [-0.39, 0.29) is 0 Å². The zero-order valence-electron chi connectivity index (χ0n) is 10.9. The van der Waals surface area contributed by atoms with Crippen LogP contribution in [0.2, 0.25) is 0 Å². The van der Waals surface area contributed by atoms with E-state index in [2.05, 4.69) is 29.4 Å². The molecule has 0 saturated carbocycles. The molecule has 0 bridgehead atoms. The number of hydrogen-bond donors (Lipinski definition) is 1. The minimum Gasteiger partial charge on any atom is -0.460 e. The Labute approximate surface area is 108 Å². The third-order valence-corrected chi connectivity index (χ3v) is 3.60. The van der Waals surface area contributed by atoms with Gasteiger partial charge in [0.05, 0.1) is 6.54 Å². The Hall–Kier alpha value is -1.32. The highest BCUT2D eigenvalue weighted by molar-refractivity contribution is 5.77. The molecule has 1 atom stereocenters. The van der Waals surface area contributed by atoms with Gasteiger partial charge in [0.2, 0.25) is 0 Å². The van der Waals surface area contributed by atoms with Gasteiger partial charge in [0.1, 0.15) is 11.3 Å². The molecule has 18 heavy (non-hydrogen) atoms. The molecule has 96 valence electrons. The first-order valence-corrected chi connectivity index (χ1v) is 6.70. The van der Waals surface area contributed by atoms with E-state index in [4.69, 9.17) is 4.42 Å². The summed E-state index contributed by atoms with van der Waals surface area (Å²) in [6.45, 7) is 3.15. The van der Waals surface area contributed by atoms with Gasteiger partial charge >= 0.3 is 0 Å². The van der Waals surface area contributed by atoms with Crippen LogP contribution in [0.4, 0.5) is 0 Å². The Kier molecular flexibility index (Phi) is 3.35. The van der Waals surface area contributed by atoms with E-state index in [1.807, 2.05) is 18.2 Å². The third-order valence-electron chi connectivity index (χ3n) is 3.60. The number of fused-ring (bicyclic) bond motifs is 1. The van der Waals surface area contributed by atoms with Crippen LogP contribution in [0.1, 0.15) is 18.6 Å². The van der Waals surface area contributed by atoms with Gasteiger partial charge in [0.25, 0.3) is 0 Å². The van der Waals surface area contributed by atoms with E-state index >= 15 is 0 Å². The summed E-state index contributed by atoms with van der Waals surface area (Å²) in [7, 11) is 2.16. The fourth-order valence-corrected chi connectivity index (χ4v) is 2.73. The lowest BCUT2D eigenvalue weighted by Gasteiger charge is -2.19. The van der Waals surface area contributed by atoms with Gasteiger partial charge in [0.15, 0.2) is 0 Å². The molecule has 0 spiro atoms. The number of furan rings is 1. The Morgan fingerprint density at radius 3 is 3.06 bits per heavy atom. The van der Waals surface area contributed by atoms with Gasteiger partial charge in [-0.05, 0) is 38.6 Å². The van der Waals surface area contributed by atoms with Crippen molar-refractivity contribution in [1.29, 1.82) is 0 Å². The molecule has 1 fully saturated rings. The van der Waals surface area contributed by atoms with Crippen LogP contribution in [0.5, 0.6) is 0 Å². The average molecular weight is 244 g/mol. The topological polar surface area (TPSA) is 28.4 Å². The van der Waals surface area contributed by atoms with Gasteiger partial charge in [0, 0.05) is 18.0 Å². The summed E-state index contributed by atoms with van der Waals surface area (Å²) in [5, 5.41) is 4.72. The van der Waals surface area contributed by atoms with Crippen LogP contribution in [0.15, 0.2) is 34.7 Å². The summed E-state index contributed by atoms with van der Waals surface area (Å²) < 4.78 is 5.84. The van der Waals surface area contributed by atoms with Gasteiger partial charge in [-0.15, -0.1) is 0 Å². The molecule has 3 nitrogen and oxygen atoms in total. The largest absolute Gasteiger partial charge is 0.460 e. The second-order valence-electron chi connectivity index (χ2n) is 5.24. The molecular formula is C15H20N2O. The van der Waals surface area contributed by atoms with Gasteiger partial charge in [-0.1, -0.05) is 18.2 Å². The number of nitrogens with zero attached hydrogens (tertiary/aromatic N) is 1. The molecule has 0 amide bonds. The molecule has 1 unspecified atom stereocenters. The molecule has 0 radical (unpaired) electrons. The van der Waals surface area contributed by atoms with Crippen LogP contribution in [-0.4, -0.2) is 31.1 Å². The first-order valence-electron chi connectivity index (χ1n) is 6.70. The van der Waals surface area contributed by atoms with E-state index in [1.165, 1.54) is 24.8 Å². The fraction of sp³-hybridized carbons (Fsp3) is 0.467. The van der Waals surface area contributed by atoms with Gasteiger partial charge in [-0.2, -0.15) is 0 Å². The van der Waals surface area contributed by atoms with E-state index in [9.17, 15) is 0 Å². The van der Waals surface area contributed by atoms with E-state index < -0.39 is 0 Å². The molecule has 1 aliphatic heterocycles. The van der Waals surface area contributed by atoms with Gasteiger partial charge in [-0.25, -0.2) is 0 Å². The maximum atomic E-state index is 5.84. The van der Waals surface area contributed by atoms with Crippen LogP contribution >= 0.6 is 0 Å². The fourth-order valence-electron chi connectivity index (χ4n) is 2.73. The quantitative estimate of drug-likeness (QED) is 0.896. The van der Waals surface area contributed by atoms with Crippen molar-refractivity contribution in [3.05, 3.63) is 36.1 Å². The first-order chi connectivity index (χ1) is 8.81. The van der Waals surface area contributed by atoms with Crippen molar-refractivity contribution in [2.75, 3.05) is 20.1 Å². The predicted octanol–water partition coefficient (Wildman–Crippen LogP) is 2.62. The summed E-state index contributed by atoms with van der Waals surface area (Å²) in [5.74, 6) is 1.05. The maximum absolute atomic E-state index is 5.84. The lowest BCUT2D eigenvalue weighted by molar-refractivity contribution is 0.272. The van der Waals surface area contributed by atoms with Crippen molar-refractivity contribution in [3.8, 4) is 0 Å². The normalized spacial score (nSPS) is 20.0. The Morgan fingerprint density at radius 2 is 2.28 bits per heavy atom. The Morgan fingerprint density at radius 1 is 1.39 bits per heavy atom. The number of likely N-dealkylation sites (N-methyl/N-ethyl adjacent to an activating group) is 1.